The van der Waals surface area contributed by atoms with E-state index in [1.807, 2.05) is 6.92 Å². The van der Waals surface area contributed by atoms with Crippen molar-refractivity contribution < 1.29 is 14.3 Å². The zero-order valence-electron chi connectivity index (χ0n) is 14.1. The molecule has 0 aromatic heterocycles. The normalized spacial score (nSPS) is 10.7. The Kier molecular flexibility index (Phi) is 7.52. The van der Waals surface area contributed by atoms with Gasteiger partial charge in [0.1, 0.15) is 0 Å². The number of carbonyl (C=O) groups is 1. The fourth-order valence-corrected chi connectivity index (χ4v) is 2.30. The van der Waals surface area contributed by atoms with Gasteiger partial charge in [-0.25, -0.2) is 0 Å². The molecule has 0 radical (unpaired) electrons. The highest BCUT2D eigenvalue weighted by molar-refractivity contribution is 6.32. The molecule has 0 aliphatic heterocycles. The average molecular weight is 328 g/mol. The van der Waals surface area contributed by atoms with Crippen LogP contribution in [0.3, 0.4) is 0 Å². The van der Waals surface area contributed by atoms with Gasteiger partial charge in [-0.3, -0.25) is 4.79 Å². The second-order valence-electron chi connectivity index (χ2n) is 5.75. The third-order valence-electron chi connectivity index (χ3n) is 3.32. The molecule has 22 heavy (non-hydrogen) atoms. The number of carbonyl (C=O) groups excluding carboxylic acids is 1. The van der Waals surface area contributed by atoms with Crippen LogP contribution in [-0.4, -0.2) is 38.1 Å². The van der Waals surface area contributed by atoms with Gasteiger partial charge in [0.05, 0.1) is 18.7 Å². The zero-order valence-corrected chi connectivity index (χ0v) is 14.9. The van der Waals surface area contributed by atoms with Gasteiger partial charge in [0, 0.05) is 19.2 Å². The number of halogens is 1. The van der Waals surface area contributed by atoms with Gasteiger partial charge in [-0.05, 0) is 30.9 Å². The number of hydrogen-bond acceptors (Lipinski definition) is 3. The molecule has 1 aromatic carbocycles. The highest BCUT2D eigenvalue weighted by Gasteiger charge is 2.18. The number of ether oxygens (including phenoxy) is 2. The summed E-state index contributed by atoms with van der Waals surface area (Å²) >= 11 is 6.28. The first-order valence-corrected chi connectivity index (χ1v) is 8.04. The van der Waals surface area contributed by atoms with Crippen molar-refractivity contribution in [3.05, 3.63) is 22.7 Å². The molecule has 124 valence electrons. The molecule has 0 aliphatic carbocycles. The molecule has 4 nitrogen and oxygen atoms in total. The minimum Gasteiger partial charge on any atom is -0.493 e. The van der Waals surface area contributed by atoms with E-state index in [0.717, 1.165) is 12.8 Å². The van der Waals surface area contributed by atoms with Crippen molar-refractivity contribution in [1.82, 2.24) is 4.90 Å². The van der Waals surface area contributed by atoms with Crippen LogP contribution < -0.4 is 9.47 Å². The van der Waals surface area contributed by atoms with Crippen LogP contribution >= 0.6 is 11.6 Å². The fraction of sp³-hybridized carbons (Fsp3) is 0.588. The molecule has 0 fully saturated rings. The monoisotopic (exact) mass is 327 g/mol. The molecule has 0 bridgehead atoms. The van der Waals surface area contributed by atoms with Gasteiger partial charge in [-0.15, -0.1) is 0 Å². The molecule has 0 N–H and O–H groups in total. The van der Waals surface area contributed by atoms with Crippen LogP contribution in [0.2, 0.25) is 5.02 Å². The number of rotatable bonds is 8. The maximum atomic E-state index is 12.3. The Morgan fingerprint density at radius 3 is 2.59 bits per heavy atom. The summed E-state index contributed by atoms with van der Waals surface area (Å²) < 4.78 is 11.1. The Hall–Kier alpha value is -1.42. The smallest absolute Gasteiger partial charge is 0.253 e. The minimum absolute atomic E-state index is 0.0734. The molecule has 0 saturated carbocycles. The van der Waals surface area contributed by atoms with E-state index < -0.39 is 0 Å². The lowest BCUT2D eigenvalue weighted by Crippen LogP contribution is -2.27. The van der Waals surface area contributed by atoms with E-state index in [9.17, 15) is 4.79 Å². The van der Waals surface area contributed by atoms with Crippen molar-refractivity contribution in [1.29, 1.82) is 0 Å². The van der Waals surface area contributed by atoms with Gasteiger partial charge in [-0.2, -0.15) is 0 Å². The topological polar surface area (TPSA) is 38.8 Å². The number of amides is 1. The van der Waals surface area contributed by atoms with Crippen LogP contribution in [0.5, 0.6) is 11.5 Å². The van der Waals surface area contributed by atoms with Crippen molar-refractivity contribution in [2.45, 2.75) is 33.6 Å². The van der Waals surface area contributed by atoms with Crippen molar-refractivity contribution >= 4 is 17.5 Å². The predicted molar refractivity (Wildman–Crippen MR) is 90.2 cm³/mol. The second-order valence-corrected chi connectivity index (χ2v) is 6.15. The molecule has 0 spiro atoms. The largest absolute Gasteiger partial charge is 0.493 e. The van der Waals surface area contributed by atoms with E-state index in [-0.39, 0.29) is 5.91 Å². The summed E-state index contributed by atoms with van der Waals surface area (Å²) in [5.74, 6) is 1.47. The number of benzene rings is 1. The summed E-state index contributed by atoms with van der Waals surface area (Å²) in [6.45, 7) is 7.56. The molecule has 5 heteroatoms. The third-order valence-corrected chi connectivity index (χ3v) is 3.60. The molecule has 0 aliphatic rings. The number of nitrogens with zero attached hydrogens (tertiary/aromatic N) is 1. The molecule has 0 atom stereocenters. The maximum Gasteiger partial charge on any atom is 0.253 e. The molecule has 1 aromatic rings. The average Bonchev–Trinajstić information content (AvgIpc) is 2.47. The van der Waals surface area contributed by atoms with Crippen molar-refractivity contribution in [2.24, 2.45) is 5.92 Å². The lowest BCUT2D eigenvalue weighted by atomic mass is 10.1. The van der Waals surface area contributed by atoms with Crippen LogP contribution in [-0.2, 0) is 0 Å². The van der Waals surface area contributed by atoms with E-state index in [2.05, 4.69) is 13.8 Å². The number of hydrogen-bond donors (Lipinski definition) is 0. The molecule has 0 unspecified atom stereocenters. The van der Waals surface area contributed by atoms with Gasteiger partial charge in [0.15, 0.2) is 11.5 Å². The highest BCUT2D eigenvalue weighted by Crippen LogP contribution is 2.37. The van der Waals surface area contributed by atoms with Crippen LogP contribution in [0.1, 0.15) is 44.0 Å². The fourth-order valence-electron chi connectivity index (χ4n) is 2.04. The summed E-state index contributed by atoms with van der Waals surface area (Å²) in [4.78, 5) is 14.0. The Bertz CT molecular complexity index is 503. The van der Waals surface area contributed by atoms with Gasteiger partial charge >= 0.3 is 0 Å². The predicted octanol–water partition coefficient (Wildman–Crippen LogP) is 4.26. The zero-order chi connectivity index (χ0) is 16.7. The molecule has 1 rings (SSSR count). The lowest BCUT2D eigenvalue weighted by molar-refractivity contribution is 0.0794. The standard InChI is InChI=1S/C17H26ClNO3/c1-6-8-19(4)17(20)13-10-14(18)16(15(11-13)21-5)22-9-7-12(2)3/h10-12H,6-9H2,1-5H3. The van der Waals surface area contributed by atoms with Crippen LogP contribution in [0.4, 0.5) is 0 Å². The Labute approximate surface area is 138 Å². The maximum absolute atomic E-state index is 12.3. The van der Waals surface area contributed by atoms with Crippen LogP contribution in [0.25, 0.3) is 0 Å². The molecule has 0 saturated heterocycles. The van der Waals surface area contributed by atoms with Crippen molar-refractivity contribution in [3.8, 4) is 11.5 Å². The van der Waals surface area contributed by atoms with Crippen molar-refractivity contribution in [3.63, 3.8) is 0 Å². The molecule has 0 heterocycles. The lowest BCUT2D eigenvalue weighted by Gasteiger charge is -2.18. The van der Waals surface area contributed by atoms with E-state index in [0.29, 0.717) is 41.2 Å². The highest BCUT2D eigenvalue weighted by atomic mass is 35.5. The first kappa shape index (κ1) is 18.6. The second kappa shape index (κ2) is 8.89. The van der Waals surface area contributed by atoms with Gasteiger partial charge in [-0.1, -0.05) is 32.4 Å². The third kappa shape index (κ3) is 5.09. The number of methoxy groups -OCH3 is 1. The summed E-state index contributed by atoms with van der Waals surface area (Å²) in [5, 5.41) is 0.399. The Morgan fingerprint density at radius 1 is 1.36 bits per heavy atom. The summed E-state index contributed by atoms with van der Waals surface area (Å²) in [5.41, 5.74) is 0.508. The van der Waals surface area contributed by atoms with E-state index in [1.165, 1.54) is 0 Å². The summed E-state index contributed by atoms with van der Waals surface area (Å²) in [6.07, 6.45) is 1.84. The Balaban J connectivity index is 2.97. The summed E-state index contributed by atoms with van der Waals surface area (Å²) in [6, 6.07) is 3.33. The first-order chi connectivity index (χ1) is 10.4. The van der Waals surface area contributed by atoms with Crippen LogP contribution in [0.15, 0.2) is 12.1 Å². The molecular formula is C17H26ClNO3. The first-order valence-electron chi connectivity index (χ1n) is 7.66. The van der Waals surface area contributed by atoms with Gasteiger partial charge in [0.25, 0.3) is 5.91 Å². The minimum atomic E-state index is -0.0734. The van der Waals surface area contributed by atoms with E-state index in [1.54, 1.807) is 31.2 Å². The van der Waals surface area contributed by atoms with E-state index in [4.69, 9.17) is 21.1 Å². The van der Waals surface area contributed by atoms with E-state index >= 15 is 0 Å². The summed E-state index contributed by atoms with van der Waals surface area (Å²) in [7, 11) is 3.32. The Morgan fingerprint density at radius 2 is 2.05 bits per heavy atom. The molecular weight excluding hydrogens is 302 g/mol. The SMILES string of the molecule is CCCN(C)C(=O)c1cc(Cl)c(OCCC(C)C)c(OC)c1. The quantitative estimate of drug-likeness (QED) is 0.716. The van der Waals surface area contributed by atoms with Crippen LogP contribution in [0, 0.1) is 5.92 Å². The van der Waals surface area contributed by atoms with Crippen molar-refractivity contribution in [2.75, 3.05) is 27.3 Å². The molecule has 1 amide bonds. The van der Waals surface area contributed by atoms with Gasteiger partial charge in [0.2, 0.25) is 0 Å². The van der Waals surface area contributed by atoms with Gasteiger partial charge < -0.3 is 14.4 Å².